The molecule has 0 aromatic rings. The fourth-order valence-electron chi connectivity index (χ4n) is 7.09. The average Bonchev–Trinajstić information content (AvgIpc) is 3.95. The Labute approximate surface area is 389 Å². The lowest BCUT2D eigenvalue weighted by molar-refractivity contribution is -0.121. The zero-order valence-electron chi connectivity index (χ0n) is 37.8. The SMILES string of the molecule is C.C.CC(C)C1CC(=O)CS1.CC(C)C1CC(=O)CS1(=O)=O.CC(C)C1CC(=O)CS1=O.CC(C)C1CS(=O)(=O)CC1=O.CC(C)C1CS(=O)CC1=O.CC(C)C1CSCC1=O. The number of thioether (sulfide) groups is 2. The summed E-state index contributed by atoms with van der Waals surface area (Å²) in [6, 6.07) is 0. The Bertz CT molecular complexity index is 1730. The van der Waals surface area contributed by atoms with Gasteiger partial charge in [0.15, 0.2) is 25.5 Å². The maximum Gasteiger partial charge on any atom is 0.160 e. The van der Waals surface area contributed by atoms with Gasteiger partial charge in [0.25, 0.3) is 0 Å². The minimum absolute atomic E-state index is 0. The third kappa shape index (κ3) is 21.9. The molecule has 0 radical (unpaired) electrons. The first kappa shape index (κ1) is 63.0. The molecule has 0 aromatic carbocycles. The van der Waals surface area contributed by atoms with Crippen molar-refractivity contribution in [3.8, 4) is 0 Å². The Morgan fingerprint density at radius 2 is 1.10 bits per heavy atom. The predicted octanol–water partition coefficient (Wildman–Crippen LogP) is 6.54. The predicted molar refractivity (Wildman–Crippen MR) is 261 cm³/mol. The normalized spacial score (nSPS) is 29.5. The lowest BCUT2D eigenvalue weighted by Crippen LogP contribution is -2.21. The van der Waals surface area contributed by atoms with Crippen LogP contribution in [0.3, 0.4) is 0 Å². The molecule has 12 nitrogen and oxygen atoms in total. The van der Waals surface area contributed by atoms with Gasteiger partial charge in [-0.1, -0.05) is 97.9 Å². The summed E-state index contributed by atoms with van der Waals surface area (Å²) < 4.78 is 66.2. The lowest BCUT2D eigenvalue weighted by Gasteiger charge is -2.10. The van der Waals surface area contributed by atoms with Crippen molar-refractivity contribution in [1.29, 1.82) is 0 Å². The molecule has 0 aliphatic carbocycles. The number of rotatable bonds is 6. The number of Topliss-reactive ketones (excluding diaryl/α,β-unsaturated/α-hetero) is 6. The molecule has 6 fully saturated rings. The van der Waals surface area contributed by atoms with Crippen molar-refractivity contribution < 1.29 is 54.0 Å². The highest BCUT2D eigenvalue weighted by atomic mass is 32.2. The molecule has 6 aliphatic heterocycles. The topological polar surface area (TPSA) is 205 Å². The van der Waals surface area contributed by atoms with E-state index in [-0.39, 0.29) is 90.6 Å². The van der Waals surface area contributed by atoms with E-state index >= 15 is 0 Å². The van der Waals surface area contributed by atoms with Gasteiger partial charge >= 0.3 is 0 Å². The fourth-order valence-corrected chi connectivity index (χ4v) is 16.8. The molecule has 6 rings (SSSR count). The van der Waals surface area contributed by atoms with Crippen LogP contribution in [0.15, 0.2) is 0 Å². The molecule has 6 heterocycles. The Kier molecular flexibility index (Phi) is 29.3. The van der Waals surface area contributed by atoms with E-state index < -0.39 is 46.5 Å². The molecule has 8 unspecified atom stereocenters. The van der Waals surface area contributed by atoms with Gasteiger partial charge in [-0.25, -0.2) is 16.8 Å². The largest absolute Gasteiger partial charge is 0.299 e. The van der Waals surface area contributed by atoms with Crippen LogP contribution in [-0.4, -0.2) is 127 Å². The number of sulfone groups is 2. The third-order valence-corrected chi connectivity index (χ3v) is 21.1. The van der Waals surface area contributed by atoms with Crippen LogP contribution >= 0.6 is 23.5 Å². The van der Waals surface area contributed by atoms with Gasteiger partial charge in [0.1, 0.15) is 40.4 Å². The van der Waals surface area contributed by atoms with Crippen molar-refractivity contribution in [2.24, 2.45) is 53.3 Å². The monoisotopic (exact) mass is 992 g/mol. The summed E-state index contributed by atoms with van der Waals surface area (Å²) in [5, 5.41) is 0.319. The van der Waals surface area contributed by atoms with Gasteiger partial charge in [0, 0.05) is 80.6 Å². The number of carbonyl (C=O) groups is 6. The minimum Gasteiger partial charge on any atom is -0.299 e. The molecule has 18 heteroatoms. The molecule has 8 atom stereocenters. The minimum atomic E-state index is -3.09. The van der Waals surface area contributed by atoms with E-state index in [0.717, 1.165) is 23.7 Å². The summed E-state index contributed by atoms with van der Waals surface area (Å²) in [6.07, 6.45) is 1.56. The van der Waals surface area contributed by atoms with Gasteiger partial charge in [-0.05, 0) is 35.5 Å². The second-order valence-electron chi connectivity index (χ2n) is 18.5. The molecule has 0 spiro atoms. The highest BCUT2D eigenvalue weighted by Crippen LogP contribution is 2.30. The summed E-state index contributed by atoms with van der Waals surface area (Å²) in [7, 11) is -7.85. The Balaban J connectivity index is 0. The van der Waals surface area contributed by atoms with E-state index in [4.69, 9.17) is 0 Å². The van der Waals surface area contributed by atoms with Gasteiger partial charge in [0.2, 0.25) is 0 Å². The lowest BCUT2D eigenvalue weighted by atomic mass is 9.95. The van der Waals surface area contributed by atoms with Crippen LogP contribution < -0.4 is 0 Å². The fraction of sp³-hybridized carbons (Fsp3) is 0.864. The summed E-state index contributed by atoms with van der Waals surface area (Å²) >= 11 is 3.58. The Morgan fingerprint density at radius 1 is 0.548 bits per heavy atom. The zero-order chi connectivity index (χ0) is 46.4. The van der Waals surface area contributed by atoms with Gasteiger partial charge in [0.05, 0.1) is 34.0 Å². The first-order valence-corrected chi connectivity index (χ1v) is 29.6. The molecule has 0 saturated carbocycles. The van der Waals surface area contributed by atoms with Crippen LogP contribution in [0.25, 0.3) is 0 Å². The molecular weight excluding hydrogens is 913 g/mol. The summed E-state index contributed by atoms with van der Waals surface area (Å²) in [4.78, 5) is 65.4. The highest BCUT2D eigenvalue weighted by Gasteiger charge is 2.39. The molecule has 6 aliphatic rings. The molecule has 0 aromatic heterocycles. The van der Waals surface area contributed by atoms with E-state index in [2.05, 4.69) is 27.7 Å². The summed E-state index contributed by atoms with van der Waals surface area (Å²) in [5.74, 6) is 6.66. The van der Waals surface area contributed by atoms with Crippen LogP contribution in [-0.2, 0) is 70.0 Å². The van der Waals surface area contributed by atoms with E-state index in [1.54, 1.807) is 11.8 Å². The van der Waals surface area contributed by atoms with Crippen LogP contribution in [0.4, 0.5) is 0 Å². The van der Waals surface area contributed by atoms with Crippen LogP contribution in [0, 0.1) is 53.3 Å². The van der Waals surface area contributed by atoms with Gasteiger partial charge < -0.3 is 0 Å². The van der Waals surface area contributed by atoms with Gasteiger partial charge in [-0.15, -0.1) is 11.8 Å². The second-order valence-corrected chi connectivity index (χ2v) is 28.2. The Morgan fingerprint density at radius 3 is 1.29 bits per heavy atom. The van der Waals surface area contributed by atoms with E-state index in [1.165, 1.54) is 0 Å². The van der Waals surface area contributed by atoms with E-state index in [0.29, 0.717) is 70.1 Å². The zero-order valence-corrected chi connectivity index (χ0v) is 42.7. The molecule has 0 N–H and O–H groups in total. The molecule has 6 saturated heterocycles. The molecular formula is C44H80O12S6. The average molecular weight is 994 g/mol. The van der Waals surface area contributed by atoms with Crippen LogP contribution in [0.2, 0.25) is 0 Å². The summed E-state index contributed by atoms with van der Waals surface area (Å²) in [5.41, 5.74) is 0. The molecule has 0 bridgehead atoms. The van der Waals surface area contributed by atoms with Crippen molar-refractivity contribution in [3.05, 3.63) is 0 Å². The number of hydrogen-bond donors (Lipinski definition) is 0. The first-order chi connectivity index (χ1) is 27.5. The number of ketones is 6. The van der Waals surface area contributed by atoms with Crippen molar-refractivity contribution in [3.63, 3.8) is 0 Å². The maximum absolute atomic E-state index is 11.2. The quantitative estimate of drug-likeness (QED) is 0.277. The van der Waals surface area contributed by atoms with Crippen molar-refractivity contribution in [2.75, 3.05) is 51.8 Å². The second kappa shape index (κ2) is 28.8. The van der Waals surface area contributed by atoms with Gasteiger partial charge in [-0.2, -0.15) is 11.8 Å². The molecule has 62 heavy (non-hydrogen) atoms. The highest BCUT2D eigenvalue weighted by molar-refractivity contribution is 8.01. The third-order valence-electron chi connectivity index (χ3n) is 11.1. The van der Waals surface area contributed by atoms with Crippen molar-refractivity contribution >= 4 is 99.5 Å². The van der Waals surface area contributed by atoms with E-state index in [9.17, 15) is 54.0 Å². The van der Waals surface area contributed by atoms with Crippen LogP contribution in [0.5, 0.6) is 0 Å². The number of carbonyl (C=O) groups excluding carboxylic acids is 6. The van der Waals surface area contributed by atoms with Crippen molar-refractivity contribution in [2.45, 2.75) is 133 Å². The molecule has 0 amide bonds. The summed E-state index contributed by atoms with van der Waals surface area (Å²) in [6.45, 7) is 24.1. The Hall–Kier alpha value is -1.08. The van der Waals surface area contributed by atoms with Crippen molar-refractivity contribution in [1.82, 2.24) is 0 Å². The first-order valence-electron chi connectivity index (χ1n) is 21.0. The maximum atomic E-state index is 11.2. The molecule has 364 valence electrons. The smallest absolute Gasteiger partial charge is 0.160 e. The standard InChI is InChI=1S/2C7H12O3S.2C7H12O2S.2C7H12OS.2CH4/c1-5(2)6-3-11(9,10)4-7(6)8;1-5(2)7-3-6(8)4-11(7,9)10;1-5(2)6-3-10(9)4-7(6)8;1-5(2)7-3-6(8)4-10(7)9;1-5(2)6-3-9-4-7(6)8;1-5(2)7-3-6(8)4-9-7;;/h5-6H,3-4H2,1-2H3;5,7H,3-4H2,1-2H3;5-6H,3-4H2,1-2H3;5,7H,3-4H2,1-2H3;5-6H,3-4H2,1-2H3;5,7H,3-4H2,1-2H3;2*1H4. The van der Waals surface area contributed by atoms with Crippen LogP contribution in [0.1, 0.15) is 117 Å². The number of hydrogen-bond acceptors (Lipinski definition) is 14. The van der Waals surface area contributed by atoms with Gasteiger partial charge in [-0.3, -0.25) is 37.2 Å². The van der Waals surface area contributed by atoms with E-state index in [1.807, 2.05) is 67.2 Å².